The summed E-state index contributed by atoms with van der Waals surface area (Å²) in [4.78, 5) is 5.21. The van der Waals surface area contributed by atoms with Gasteiger partial charge in [0.1, 0.15) is 0 Å². The monoisotopic (exact) mass is 489 g/mol. The fourth-order valence-corrected chi connectivity index (χ4v) is 5.59. The molecule has 0 radical (unpaired) electrons. The summed E-state index contributed by atoms with van der Waals surface area (Å²) < 4.78 is 5.61. The highest BCUT2D eigenvalue weighted by Gasteiger charge is 2.28. The Morgan fingerprint density at radius 1 is 0.862 bits per heavy atom. The number of nitrogens with zero attached hydrogens (tertiary/aromatic N) is 3. The first-order valence-electron chi connectivity index (χ1n) is 10.1. The Morgan fingerprint density at radius 3 is 2.41 bits per heavy atom. The highest BCUT2D eigenvalue weighted by molar-refractivity contribution is 14.1. The number of rotatable bonds is 2. The minimum absolute atomic E-state index is 0.398. The van der Waals surface area contributed by atoms with E-state index in [1.165, 1.54) is 33.4 Å². The lowest BCUT2D eigenvalue weighted by Crippen LogP contribution is -2.03. The molecule has 0 spiro atoms. The smallest absolute Gasteiger partial charge is 0.216 e. The van der Waals surface area contributed by atoms with Crippen molar-refractivity contribution in [1.29, 1.82) is 0 Å². The van der Waals surface area contributed by atoms with E-state index in [1.807, 2.05) is 0 Å². The third-order valence-electron chi connectivity index (χ3n) is 6.19. The zero-order valence-corrected chi connectivity index (χ0v) is 18.1. The van der Waals surface area contributed by atoms with Gasteiger partial charge in [0.15, 0.2) is 0 Å². The van der Waals surface area contributed by atoms with Crippen LogP contribution in [0.15, 0.2) is 78.9 Å². The van der Waals surface area contributed by atoms with Gasteiger partial charge in [0.05, 0.1) is 27.0 Å². The topological polar surface area (TPSA) is 22.2 Å². The van der Waals surface area contributed by atoms with Gasteiger partial charge in [-0.05, 0) is 36.1 Å². The molecule has 0 bridgehead atoms. The summed E-state index contributed by atoms with van der Waals surface area (Å²) in [6.07, 6.45) is 2.10. The maximum absolute atomic E-state index is 5.21. The van der Waals surface area contributed by atoms with Gasteiger partial charge in [-0.1, -0.05) is 89.3 Å². The molecule has 1 unspecified atom stereocenters. The van der Waals surface area contributed by atoms with Gasteiger partial charge in [0, 0.05) is 11.5 Å². The van der Waals surface area contributed by atoms with Crippen LogP contribution in [0.3, 0.4) is 0 Å². The van der Waals surface area contributed by atoms with Crippen LogP contribution in [0, 0.1) is 0 Å². The minimum Gasteiger partial charge on any atom is -0.300 e. The van der Waals surface area contributed by atoms with Crippen LogP contribution in [0.5, 0.6) is 0 Å². The molecule has 6 rings (SSSR count). The lowest BCUT2D eigenvalue weighted by Gasteiger charge is -2.18. The van der Waals surface area contributed by atoms with E-state index in [4.69, 9.17) is 4.98 Å². The number of para-hydroxylation sites is 2. The largest absolute Gasteiger partial charge is 0.300 e. The lowest BCUT2D eigenvalue weighted by atomic mass is 9.86. The Balaban J connectivity index is 1.65. The zero-order chi connectivity index (χ0) is 19.4. The number of benzene rings is 3. The van der Waals surface area contributed by atoms with E-state index in [1.54, 1.807) is 0 Å². The first kappa shape index (κ1) is 17.3. The third-order valence-corrected chi connectivity index (χ3v) is 6.87. The standard InChI is InChI=1S/C25H20IN3/c26-16-28-21-12-6-7-13-22(21)29-23-15-14-18(17-8-2-1-3-9-17)19-10-4-5-11-20(19)24(23)27-25(28)29/h1-13,18H,14-16H2. The van der Waals surface area contributed by atoms with Gasteiger partial charge in [-0.25, -0.2) is 4.98 Å². The molecule has 142 valence electrons. The molecule has 5 aromatic rings. The van der Waals surface area contributed by atoms with E-state index in [0.29, 0.717) is 5.92 Å². The average Bonchev–Trinajstić information content (AvgIpc) is 3.24. The molecule has 0 N–H and O–H groups in total. The lowest BCUT2D eigenvalue weighted by molar-refractivity contribution is 0.713. The molecule has 0 saturated carbocycles. The predicted octanol–water partition coefficient (Wildman–Crippen LogP) is 6.43. The quantitative estimate of drug-likeness (QED) is 0.207. The van der Waals surface area contributed by atoms with E-state index < -0.39 is 0 Å². The van der Waals surface area contributed by atoms with E-state index in [-0.39, 0.29) is 0 Å². The molecular weight excluding hydrogens is 469 g/mol. The molecular formula is C25H20IN3. The van der Waals surface area contributed by atoms with Gasteiger partial charge < -0.3 is 0 Å². The third kappa shape index (κ3) is 2.51. The number of hydrogen-bond donors (Lipinski definition) is 0. The molecule has 1 atom stereocenters. The molecule has 3 aromatic carbocycles. The average molecular weight is 489 g/mol. The van der Waals surface area contributed by atoms with Gasteiger partial charge in [0.25, 0.3) is 0 Å². The maximum Gasteiger partial charge on any atom is 0.216 e. The number of alkyl halides is 1. The minimum atomic E-state index is 0.398. The molecule has 29 heavy (non-hydrogen) atoms. The Bertz CT molecular complexity index is 1350. The van der Waals surface area contributed by atoms with Crippen molar-refractivity contribution >= 4 is 39.4 Å². The molecule has 0 aliphatic heterocycles. The number of hydrogen-bond acceptors (Lipinski definition) is 1. The SMILES string of the molecule is ICn1c2ccccc2n2c3c(nc12)-c1ccccc1C(c1ccccc1)CC3. The molecule has 0 fully saturated rings. The molecule has 1 aliphatic rings. The summed E-state index contributed by atoms with van der Waals surface area (Å²) in [6, 6.07) is 28.4. The van der Waals surface area contributed by atoms with Crippen LogP contribution < -0.4 is 0 Å². The van der Waals surface area contributed by atoms with Crippen molar-refractivity contribution in [1.82, 2.24) is 14.0 Å². The van der Waals surface area contributed by atoms with Crippen molar-refractivity contribution in [2.75, 3.05) is 0 Å². The van der Waals surface area contributed by atoms with E-state index >= 15 is 0 Å². The van der Waals surface area contributed by atoms with Gasteiger partial charge in [-0.3, -0.25) is 8.97 Å². The summed E-state index contributed by atoms with van der Waals surface area (Å²) in [5, 5.41) is 0. The fourth-order valence-electron chi connectivity index (χ4n) is 4.91. The van der Waals surface area contributed by atoms with Crippen LogP contribution in [0.4, 0.5) is 0 Å². The number of aryl methyl sites for hydroxylation is 1. The predicted molar refractivity (Wildman–Crippen MR) is 127 cm³/mol. The van der Waals surface area contributed by atoms with Crippen molar-refractivity contribution < 1.29 is 0 Å². The van der Waals surface area contributed by atoms with Gasteiger partial charge in [-0.15, -0.1) is 0 Å². The van der Waals surface area contributed by atoms with Crippen molar-refractivity contribution in [2.24, 2.45) is 0 Å². The van der Waals surface area contributed by atoms with E-state index in [0.717, 1.165) is 28.9 Å². The zero-order valence-electron chi connectivity index (χ0n) is 15.9. The molecule has 3 nitrogen and oxygen atoms in total. The molecule has 2 heterocycles. The number of halogens is 1. The van der Waals surface area contributed by atoms with Crippen LogP contribution in [-0.2, 0) is 11.0 Å². The van der Waals surface area contributed by atoms with Crippen molar-refractivity contribution in [3.05, 3.63) is 95.7 Å². The summed E-state index contributed by atoms with van der Waals surface area (Å²) in [5.41, 5.74) is 9.06. The van der Waals surface area contributed by atoms with E-state index in [2.05, 4.69) is 110 Å². The molecule has 0 amide bonds. The Kier molecular flexibility index (Phi) is 4.01. The van der Waals surface area contributed by atoms with Crippen molar-refractivity contribution in [3.8, 4) is 11.3 Å². The fraction of sp³-hybridized carbons (Fsp3) is 0.160. The molecule has 0 saturated heterocycles. The second-order valence-corrected chi connectivity index (χ2v) is 8.35. The first-order valence-corrected chi connectivity index (χ1v) is 11.6. The molecule has 4 heteroatoms. The van der Waals surface area contributed by atoms with Crippen LogP contribution in [-0.4, -0.2) is 14.0 Å². The summed E-state index contributed by atoms with van der Waals surface area (Å²) >= 11 is 2.44. The maximum atomic E-state index is 5.21. The number of imidazole rings is 2. The second kappa shape index (κ2) is 6.73. The Morgan fingerprint density at radius 2 is 1.59 bits per heavy atom. The van der Waals surface area contributed by atoms with Gasteiger partial charge >= 0.3 is 0 Å². The number of aromatic nitrogens is 3. The highest BCUT2D eigenvalue weighted by atomic mass is 127. The van der Waals surface area contributed by atoms with Crippen molar-refractivity contribution in [2.45, 2.75) is 23.3 Å². The Hall–Kier alpha value is -2.60. The highest BCUT2D eigenvalue weighted by Crippen LogP contribution is 2.42. The normalized spacial score (nSPS) is 16.0. The second-order valence-electron chi connectivity index (χ2n) is 7.67. The molecule has 2 aromatic heterocycles. The van der Waals surface area contributed by atoms with Crippen molar-refractivity contribution in [3.63, 3.8) is 0 Å². The van der Waals surface area contributed by atoms with Gasteiger partial charge in [-0.2, -0.15) is 0 Å². The summed E-state index contributed by atoms with van der Waals surface area (Å²) in [6.45, 7) is 0. The number of fused-ring (bicyclic) bond motifs is 7. The van der Waals surface area contributed by atoms with Gasteiger partial charge in [0.2, 0.25) is 5.78 Å². The molecule has 1 aliphatic carbocycles. The first-order chi connectivity index (χ1) is 14.4. The Labute approximate surface area is 183 Å². The van der Waals surface area contributed by atoms with E-state index in [9.17, 15) is 0 Å². The van der Waals surface area contributed by atoms with Crippen LogP contribution in [0.1, 0.15) is 29.2 Å². The summed E-state index contributed by atoms with van der Waals surface area (Å²) in [7, 11) is 0. The summed E-state index contributed by atoms with van der Waals surface area (Å²) in [5.74, 6) is 1.45. The van der Waals surface area contributed by atoms with Crippen LogP contribution in [0.25, 0.3) is 28.1 Å². The van der Waals surface area contributed by atoms with Crippen LogP contribution >= 0.6 is 22.6 Å². The van der Waals surface area contributed by atoms with Crippen LogP contribution in [0.2, 0.25) is 0 Å².